The summed E-state index contributed by atoms with van der Waals surface area (Å²) in [6.45, 7) is 2.94. The van der Waals surface area contributed by atoms with E-state index in [1.807, 2.05) is 12.1 Å². The van der Waals surface area contributed by atoms with E-state index in [2.05, 4.69) is 27.0 Å². The molecule has 7 heteroatoms. The number of piperidine rings is 1. The number of aromatic nitrogens is 3. The van der Waals surface area contributed by atoms with Gasteiger partial charge < -0.3 is 14.9 Å². The maximum atomic E-state index is 13.2. The first-order valence-corrected chi connectivity index (χ1v) is 10.3. The van der Waals surface area contributed by atoms with Crippen LogP contribution in [-0.4, -0.2) is 57.5 Å². The molecule has 0 bridgehead atoms. The van der Waals surface area contributed by atoms with Crippen LogP contribution in [0, 0.1) is 5.92 Å². The Morgan fingerprint density at radius 1 is 1.11 bits per heavy atom. The number of aryl methyl sites for hydroxylation is 1. The molecule has 1 N–H and O–H groups in total. The molecule has 1 aliphatic carbocycles. The first-order chi connectivity index (χ1) is 13.5. The Labute approximate surface area is 164 Å². The van der Waals surface area contributed by atoms with Crippen LogP contribution in [0.4, 0.5) is 5.82 Å². The van der Waals surface area contributed by atoms with E-state index in [-0.39, 0.29) is 11.3 Å². The van der Waals surface area contributed by atoms with Crippen LogP contribution in [0.1, 0.15) is 30.4 Å². The topological polar surface area (TPSA) is 74.5 Å². The van der Waals surface area contributed by atoms with Gasteiger partial charge in [0.25, 0.3) is 5.56 Å². The smallest absolute Gasteiger partial charge is 0.296 e. The Balaban J connectivity index is 1.53. The van der Waals surface area contributed by atoms with Gasteiger partial charge in [-0.15, -0.1) is 10.2 Å². The van der Waals surface area contributed by atoms with Crippen LogP contribution in [0.2, 0.25) is 0 Å². The molecule has 0 spiro atoms. The summed E-state index contributed by atoms with van der Waals surface area (Å²) in [7, 11) is 3.86. The van der Waals surface area contributed by atoms with Crippen molar-refractivity contribution in [1.82, 2.24) is 19.7 Å². The van der Waals surface area contributed by atoms with E-state index < -0.39 is 0 Å². The second-order valence-corrected chi connectivity index (χ2v) is 8.52. The lowest BCUT2D eigenvalue weighted by Crippen LogP contribution is -2.48. The normalized spacial score (nSPS) is 24.4. The van der Waals surface area contributed by atoms with Crippen LogP contribution in [0.25, 0.3) is 11.4 Å². The van der Waals surface area contributed by atoms with Gasteiger partial charge in [-0.3, -0.25) is 9.36 Å². The molecule has 3 aliphatic rings. The minimum atomic E-state index is -0.140. The van der Waals surface area contributed by atoms with Crippen molar-refractivity contribution >= 4 is 5.82 Å². The summed E-state index contributed by atoms with van der Waals surface area (Å²) in [6.07, 6.45) is 5.21. The zero-order valence-electron chi connectivity index (χ0n) is 16.6. The Hall–Kier alpha value is -2.41. The van der Waals surface area contributed by atoms with Crippen molar-refractivity contribution in [2.45, 2.75) is 38.1 Å². The predicted molar refractivity (Wildman–Crippen MR) is 108 cm³/mol. The number of phenols is 1. The third-order valence-corrected chi connectivity index (χ3v) is 6.88. The molecule has 2 aliphatic heterocycles. The highest BCUT2D eigenvalue weighted by Crippen LogP contribution is 2.37. The van der Waals surface area contributed by atoms with Crippen LogP contribution >= 0.6 is 0 Å². The molecule has 28 heavy (non-hydrogen) atoms. The van der Waals surface area contributed by atoms with E-state index in [1.54, 1.807) is 11.6 Å². The van der Waals surface area contributed by atoms with Crippen LogP contribution in [-0.2, 0) is 19.9 Å². The number of likely N-dealkylation sites (N-methyl/N-ethyl adjacent to an activating group) is 1. The second-order valence-electron chi connectivity index (χ2n) is 8.52. The third kappa shape index (κ3) is 2.64. The average Bonchev–Trinajstić information content (AvgIpc) is 3.32. The molecule has 0 unspecified atom stereocenters. The Morgan fingerprint density at radius 2 is 1.93 bits per heavy atom. The summed E-state index contributed by atoms with van der Waals surface area (Å²) in [5, 5.41) is 19.5. The van der Waals surface area contributed by atoms with Gasteiger partial charge in [-0.25, -0.2) is 0 Å². The van der Waals surface area contributed by atoms with Crippen LogP contribution < -0.4 is 10.5 Å². The van der Waals surface area contributed by atoms with E-state index in [0.29, 0.717) is 29.2 Å². The Bertz CT molecular complexity index is 985. The largest absolute Gasteiger partial charge is 0.507 e. The minimum Gasteiger partial charge on any atom is -0.507 e. The van der Waals surface area contributed by atoms with Gasteiger partial charge in [0.15, 0.2) is 5.82 Å². The first-order valence-electron chi connectivity index (χ1n) is 10.3. The molecule has 1 aromatic carbocycles. The standard InChI is InChI=1S/C21H27N5O2/c1-24-10-8-14-9-11-26(17(14)12-24)20-21(28)25(2)19(22-23-20)16-7-6-13-4-3-5-15(13)18(16)27/h6-7,14,17,27H,3-5,8-12H2,1-2H3/t14-,17-/m1/s1. The molecule has 7 nitrogen and oxygen atoms in total. The summed E-state index contributed by atoms with van der Waals surface area (Å²) in [6, 6.07) is 4.24. The van der Waals surface area contributed by atoms with Gasteiger partial charge in [0.05, 0.1) is 5.56 Å². The molecule has 2 atom stereocenters. The van der Waals surface area contributed by atoms with E-state index >= 15 is 0 Å². The van der Waals surface area contributed by atoms with Crippen LogP contribution in [0.15, 0.2) is 16.9 Å². The second kappa shape index (κ2) is 6.58. The lowest BCUT2D eigenvalue weighted by atomic mass is 9.92. The van der Waals surface area contributed by atoms with Crippen molar-refractivity contribution in [1.29, 1.82) is 0 Å². The van der Waals surface area contributed by atoms with E-state index in [0.717, 1.165) is 50.9 Å². The Kier molecular flexibility index (Phi) is 4.16. The predicted octanol–water partition coefficient (Wildman–Crippen LogP) is 1.57. The summed E-state index contributed by atoms with van der Waals surface area (Å²) in [4.78, 5) is 17.7. The van der Waals surface area contributed by atoms with Crippen LogP contribution in [0.5, 0.6) is 5.75 Å². The van der Waals surface area contributed by atoms with Crippen molar-refractivity contribution in [2.75, 3.05) is 31.6 Å². The van der Waals surface area contributed by atoms with Gasteiger partial charge in [-0.05, 0) is 68.8 Å². The average molecular weight is 381 g/mol. The number of anilines is 1. The number of nitrogens with zero attached hydrogens (tertiary/aromatic N) is 5. The number of benzene rings is 1. The zero-order chi connectivity index (χ0) is 19.4. The molecular weight excluding hydrogens is 354 g/mol. The first kappa shape index (κ1) is 17.7. The lowest BCUT2D eigenvalue weighted by molar-refractivity contribution is 0.207. The number of phenolic OH excluding ortho intramolecular Hbond substituents is 1. The third-order valence-electron chi connectivity index (χ3n) is 6.88. The maximum absolute atomic E-state index is 13.2. The summed E-state index contributed by atoms with van der Waals surface area (Å²) in [5.41, 5.74) is 2.64. The molecule has 148 valence electrons. The van der Waals surface area contributed by atoms with Gasteiger partial charge in [0.2, 0.25) is 5.82 Å². The fourth-order valence-corrected chi connectivity index (χ4v) is 5.25. The molecule has 0 saturated carbocycles. The number of rotatable bonds is 2. The van der Waals surface area contributed by atoms with E-state index in [9.17, 15) is 9.90 Å². The van der Waals surface area contributed by atoms with Gasteiger partial charge in [0, 0.05) is 26.2 Å². The van der Waals surface area contributed by atoms with Gasteiger partial charge >= 0.3 is 0 Å². The number of fused-ring (bicyclic) bond motifs is 2. The molecule has 2 aromatic rings. The molecule has 2 saturated heterocycles. The van der Waals surface area contributed by atoms with Crippen molar-refractivity contribution in [3.63, 3.8) is 0 Å². The number of aromatic hydroxyl groups is 1. The maximum Gasteiger partial charge on any atom is 0.296 e. The van der Waals surface area contributed by atoms with Crippen molar-refractivity contribution in [2.24, 2.45) is 13.0 Å². The van der Waals surface area contributed by atoms with Crippen LogP contribution in [0.3, 0.4) is 0 Å². The number of hydrogen-bond donors (Lipinski definition) is 1. The highest BCUT2D eigenvalue weighted by atomic mass is 16.3. The SMILES string of the molecule is CN1CC[C@@H]2CCN(c3nnc(-c4ccc5c(c4O)CCC5)n(C)c3=O)[C@@H]2C1. The zero-order valence-corrected chi connectivity index (χ0v) is 16.6. The minimum absolute atomic E-state index is 0.140. The lowest BCUT2D eigenvalue weighted by Gasteiger charge is -2.36. The fourth-order valence-electron chi connectivity index (χ4n) is 5.25. The highest BCUT2D eigenvalue weighted by Gasteiger charge is 2.39. The van der Waals surface area contributed by atoms with E-state index in [4.69, 9.17) is 0 Å². The molecule has 0 amide bonds. The Morgan fingerprint density at radius 3 is 2.79 bits per heavy atom. The van der Waals surface area contributed by atoms with E-state index in [1.165, 1.54) is 12.0 Å². The summed E-state index contributed by atoms with van der Waals surface area (Å²) < 4.78 is 1.54. The number of likely N-dealkylation sites (tertiary alicyclic amines) is 1. The quantitative estimate of drug-likeness (QED) is 0.851. The molecule has 3 heterocycles. The molecule has 2 fully saturated rings. The van der Waals surface area contributed by atoms with Crippen molar-refractivity contribution < 1.29 is 5.11 Å². The molecule has 5 rings (SSSR count). The monoisotopic (exact) mass is 381 g/mol. The molecular formula is C21H27N5O2. The van der Waals surface area contributed by atoms with Crippen molar-refractivity contribution in [3.8, 4) is 17.1 Å². The summed E-state index contributed by atoms with van der Waals surface area (Å²) in [5.74, 6) is 1.75. The van der Waals surface area contributed by atoms with Gasteiger partial charge in [-0.1, -0.05) is 6.07 Å². The summed E-state index contributed by atoms with van der Waals surface area (Å²) >= 11 is 0. The molecule has 0 radical (unpaired) electrons. The molecule has 1 aromatic heterocycles. The fraction of sp³-hybridized carbons (Fsp3) is 0.571. The van der Waals surface area contributed by atoms with Gasteiger partial charge in [0.1, 0.15) is 5.75 Å². The van der Waals surface area contributed by atoms with Crippen molar-refractivity contribution in [3.05, 3.63) is 33.6 Å². The number of hydrogen-bond acceptors (Lipinski definition) is 6. The highest BCUT2D eigenvalue weighted by molar-refractivity contribution is 5.68. The van der Waals surface area contributed by atoms with Gasteiger partial charge in [-0.2, -0.15) is 0 Å².